The van der Waals surface area contributed by atoms with E-state index in [4.69, 9.17) is 11.6 Å². The summed E-state index contributed by atoms with van der Waals surface area (Å²) in [6.45, 7) is 1.19. The van der Waals surface area contributed by atoms with Crippen LogP contribution < -0.4 is 16.6 Å². The molecule has 1 N–H and O–H groups in total. The number of anilines is 1. The summed E-state index contributed by atoms with van der Waals surface area (Å²) in [6.07, 6.45) is 0. The van der Waals surface area contributed by atoms with Crippen LogP contribution in [0.25, 0.3) is 15.9 Å². The van der Waals surface area contributed by atoms with Gasteiger partial charge in [0, 0.05) is 24.8 Å². The van der Waals surface area contributed by atoms with Crippen LogP contribution in [0, 0.1) is 12.7 Å². The number of nitrogens with one attached hydrogen (secondary N) is 1. The van der Waals surface area contributed by atoms with Crippen molar-refractivity contribution >= 4 is 50.7 Å². The van der Waals surface area contributed by atoms with E-state index in [0.717, 1.165) is 32.6 Å². The second-order valence-electron chi connectivity index (χ2n) is 7.98. The van der Waals surface area contributed by atoms with Gasteiger partial charge < -0.3 is 10.2 Å². The van der Waals surface area contributed by atoms with E-state index < -0.39 is 29.5 Å². The van der Waals surface area contributed by atoms with Gasteiger partial charge in [-0.3, -0.25) is 19.0 Å². The molecule has 0 spiro atoms. The Balaban J connectivity index is 1.93. The number of fused-ring (bicyclic) bond motifs is 1. The van der Waals surface area contributed by atoms with E-state index >= 15 is 0 Å². The molecule has 4 rings (SSSR count). The second-order valence-corrected chi connectivity index (χ2v) is 9.42. The molecule has 0 radical (unpaired) electrons. The monoisotopic (exact) mass is 514 g/mol. The van der Waals surface area contributed by atoms with Gasteiger partial charge in [-0.2, -0.15) is 0 Å². The number of halogens is 2. The number of amides is 2. The molecule has 2 aromatic heterocycles. The molecule has 2 aromatic carbocycles. The number of nitrogens with zero attached hydrogens (tertiary/aromatic N) is 3. The SMILES string of the molecule is Cc1c(C(=O)N(C)C)sc2c1c(=O)n(-c1ccc(F)cc1)c(=O)n2CC(=O)Nc1cccc(Cl)c1. The highest BCUT2D eigenvalue weighted by Gasteiger charge is 2.25. The third-order valence-electron chi connectivity index (χ3n) is 5.31. The fraction of sp³-hybridized carbons (Fsp3) is 0.167. The molecule has 35 heavy (non-hydrogen) atoms. The lowest BCUT2D eigenvalue weighted by atomic mass is 10.2. The molecule has 2 amide bonds. The highest BCUT2D eigenvalue weighted by atomic mass is 35.5. The third kappa shape index (κ3) is 4.62. The Kier molecular flexibility index (Phi) is 6.60. The van der Waals surface area contributed by atoms with Crippen LogP contribution in [-0.2, 0) is 11.3 Å². The summed E-state index contributed by atoms with van der Waals surface area (Å²) in [5.74, 6) is -1.40. The molecule has 0 fully saturated rings. The topological polar surface area (TPSA) is 93.4 Å². The van der Waals surface area contributed by atoms with Crippen LogP contribution in [-0.4, -0.2) is 39.9 Å². The maximum Gasteiger partial charge on any atom is 0.337 e. The molecule has 0 saturated heterocycles. The number of thiophene rings is 1. The predicted molar refractivity (Wildman–Crippen MR) is 134 cm³/mol. The first kappa shape index (κ1) is 24.4. The first-order valence-corrected chi connectivity index (χ1v) is 11.6. The van der Waals surface area contributed by atoms with Gasteiger partial charge in [-0.1, -0.05) is 17.7 Å². The zero-order valence-corrected chi connectivity index (χ0v) is 20.5. The number of benzene rings is 2. The minimum Gasteiger partial charge on any atom is -0.344 e. The molecule has 180 valence electrons. The zero-order valence-electron chi connectivity index (χ0n) is 19.0. The highest BCUT2D eigenvalue weighted by molar-refractivity contribution is 7.20. The van der Waals surface area contributed by atoms with Crippen molar-refractivity contribution in [3.05, 3.63) is 90.6 Å². The molecular formula is C24H20ClFN4O4S. The van der Waals surface area contributed by atoms with E-state index in [9.17, 15) is 23.6 Å². The van der Waals surface area contributed by atoms with Crippen molar-refractivity contribution in [3.63, 3.8) is 0 Å². The van der Waals surface area contributed by atoms with Gasteiger partial charge in [0.25, 0.3) is 11.5 Å². The van der Waals surface area contributed by atoms with E-state index in [0.29, 0.717) is 16.3 Å². The lowest BCUT2D eigenvalue weighted by molar-refractivity contribution is -0.116. The minimum absolute atomic E-state index is 0.137. The van der Waals surface area contributed by atoms with Crippen LogP contribution >= 0.6 is 22.9 Å². The summed E-state index contributed by atoms with van der Waals surface area (Å²) in [5, 5.41) is 3.24. The van der Waals surface area contributed by atoms with Gasteiger partial charge in [0.1, 0.15) is 17.2 Å². The Labute approximate surface area is 207 Å². The van der Waals surface area contributed by atoms with Gasteiger partial charge in [-0.05, 0) is 55.0 Å². The third-order valence-corrected chi connectivity index (χ3v) is 6.85. The summed E-state index contributed by atoms with van der Waals surface area (Å²) < 4.78 is 15.5. The predicted octanol–water partition coefficient (Wildman–Crippen LogP) is 3.66. The fourth-order valence-electron chi connectivity index (χ4n) is 3.62. The molecular weight excluding hydrogens is 495 g/mol. The van der Waals surface area contributed by atoms with Crippen LogP contribution in [0.5, 0.6) is 0 Å². The summed E-state index contributed by atoms with van der Waals surface area (Å²) in [5.41, 5.74) is -0.480. The maximum absolute atomic E-state index is 13.5. The largest absolute Gasteiger partial charge is 0.344 e. The first-order valence-electron chi connectivity index (χ1n) is 10.4. The lowest BCUT2D eigenvalue weighted by Crippen LogP contribution is -2.40. The second kappa shape index (κ2) is 9.47. The number of aryl methyl sites for hydroxylation is 1. The van der Waals surface area contributed by atoms with Crippen molar-refractivity contribution in [3.8, 4) is 5.69 Å². The van der Waals surface area contributed by atoms with Crippen LogP contribution in [0.4, 0.5) is 10.1 Å². The van der Waals surface area contributed by atoms with Crippen LogP contribution in [0.15, 0.2) is 58.1 Å². The Hall–Kier alpha value is -3.76. The Morgan fingerprint density at radius 1 is 1.11 bits per heavy atom. The molecule has 0 aliphatic carbocycles. The zero-order chi connectivity index (χ0) is 25.4. The summed E-state index contributed by atoms with van der Waals surface area (Å²) >= 11 is 6.95. The fourth-order valence-corrected chi connectivity index (χ4v) is 5.13. The normalized spacial score (nSPS) is 11.0. The van der Waals surface area contributed by atoms with Crippen molar-refractivity contribution in [2.24, 2.45) is 0 Å². The van der Waals surface area contributed by atoms with Gasteiger partial charge in [0.05, 0.1) is 16.0 Å². The summed E-state index contributed by atoms with van der Waals surface area (Å²) in [7, 11) is 3.16. The van der Waals surface area contributed by atoms with E-state index in [-0.39, 0.29) is 26.7 Å². The summed E-state index contributed by atoms with van der Waals surface area (Å²) in [6, 6.07) is 11.4. The number of carbonyl (C=O) groups is 2. The summed E-state index contributed by atoms with van der Waals surface area (Å²) in [4.78, 5) is 54.4. The number of aromatic nitrogens is 2. The number of carbonyl (C=O) groups excluding carboxylic acids is 2. The van der Waals surface area contributed by atoms with Crippen molar-refractivity contribution in [2.45, 2.75) is 13.5 Å². The maximum atomic E-state index is 13.5. The molecule has 2 heterocycles. The van der Waals surface area contributed by atoms with Crippen molar-refractivity contribution in [2.75, 3.05) is 19.4 Å². The molecule has 0 aliphatic rings. The molecule has 0 aliphatic heterocycles. The van der Waals surface area contributed by atoms with E-state index in [1.165, 1.54) is 17.0 Å². The van der Waals surface area contributed by atoms with Gasteiger partial charge in [0.2, 0.25) is 5.91 Å². The number of hydrogen-bond donors (Lipinski definition) is 1. The van der Waals surface area contributed by atoms with E-state index in [2.05, 4.69) is 5.32 Å². The van der Waals surface area contributed by atoms with Gasteiger partial charge >= 0.3 is 5.69 Å². The molecule has 8 nitrogen and oxygen atoms in total. The number of rotatable bonds is 5. The smallest absolute Gasteiger partial charge is 0.337 e. The van der Waals surface area contributed by atoms with Gasteiger partial charge in [0.15, 0.2) is 0 Å². The molecule has 4 aromatic rings. The van der Waals surface area contributed by atoms with Crippen molar-refractivity contribution in [1.29, 1.82) is 0 Å². The quantitative estimate of drug-likeness (QED) is 0.440. The lowest BCUT2D eigenvalue weighted by Gasteiger charge is -2.13. The van der Waals surface area contributed by atoms with Gasteiger partial charge in [-0.15, -0.1) is 11.3 Å². The molecule has 0 unspecified atom stereocenters. The average molecular weight is 515 g/mol. The highest BCUT2D eigenvalue weighted by Crippen LogP contribution is 2.29. The first-order chi connectivity index (χ1) is 16.6. The Morgan fingerprint density at radius 3 is 2.43 bits per heavy atom. The van der Waals surface area contributed by atoms with Crippen LogP contribution in [0.2, 0.25) is 5.02 Å². The molecule has 0 saturated carbocycles. The van der Waals surface area contributed by atoms with E-state index in [1.807, 2.05) is 0 Å². The minimum atomic E-state index is -0.791. The molecule has 11 heteroatoms. The van der Waals surface area contributed by atoms with E-state index in [1.54, 1.807) is 45.3 Å². The Bertz CT molecular complexity index is 1590. The van der Waals surface area contributed by atoms with Crippen LogP contribution in [0.1, 0.15) is 15.2 Å². The Morgan fingerprint density at radius 2 is 1.80 bits per heavy atom. The molecule has 0 bridgehead atoms. The van der Waals surface area contributed by atoms with Crippen LogP contribution in [0.3, 0.4) is 0 Å². The van der Waals surface area contributed by atoms with Crippen molar-refractivity contribution < 1.29 is 14.0 Å². The standard InChI is InChI=1S/C24H20ClFN4O4S/c1-13-19-21(32)30(17-9-7-15(26)8-10-17)24(34)29(23(19)35-20(13)22(33)28(2)3)12-18(31)27-16-6-4-5-14(25)11-16/h4-11H,12H2,1-3H3,(H,27,31). The number of hydrogen-bond acceptors (Lipinski definition) is 5. The van der Waals surface area contributed by atoms with Gasteiger partial charge in [-0.25, -0.2) is 13.8 Å². The average Bonchev–Trinajstić information content (AvgIpc) is 3.14. The van der Waals surface area contributed by atoms with Crippen molar-refractivity contribution in [1.82, 2.24) is 14.0 Å². The molecule has 0 atom stereocenters.